The lowest BCUT2D eigenvalue weighted by atomic mass is 10.2. The number of amides is 1. The Morgan fingerprint density at radius 3 is 2.31 bits per heavy atom. The number of hydrogen-bond donors (Lipinski definition) is 1. The average molecular weight is 390 g/mol. The van der Waals surface area contributed by atoms with Crippen molar-refractivity contribution in [3.63, 3.8) is 0 Å². The molecule has 0 spiro atoms. The van der Waals surface area contributed by atoms with Crippen molar-refractivity contribution in [2.24, 2.45) is 0 Å². The molecule has 7 heteroatoms. The highest BCUT2D eigenvalue weighted by Crippen LogP contribution is 2.25. The highest BCUT2D eigenvalue weighted by atomic mass is 16.5. The number of aromatic nitrogens is 2. The molecule has 1 saturated heterocycles. The quantitative estimate of drug-likeness (QED) is 0.670. The van der Waals surface area contributed by atoms with Crippen LogP contribution in [-0.4, -0.2) is 41.5 Å². The summed E-state index contributed by atoms with van der Waals surface area (Å²) in [5.41, 5.74) is 2.77. The zero-order chi connectivity index (χ0) is 20.2. The summed E-state index contributed by atoms with van der Waals surface area (Å²) in [7, 11) is 0. The molecule has 1 aromatic heterocycles. The van der Waals surface area contributed by atoms with Gasteiger partial charge in [-0.25, -0.2) is 14.8 Å². The van der Waals surface area contributed by atoms with E-state index in [1.807, 2.05) is 24.3 Å². The molecule has 1 aliphatic rings. The molecule has 0 unspecified atom stereocenters. The van der Waals surface area contributed by atoms with Gasteiger partial charge in [-0.05, 0) is 56.2 Å². The Balaban J connectivity index is 1.62. The van der Waals surface area contributed by atoms with Crippen LogP contribution in [0.15, 0.2) is 48.5 Å². The Kier molecular flexibility index (Phi) is 5.37. The van der Waals surface area contributed by atoms with Crippen molar-refractivity contribution in [1.82, 2.24) is 9.97 Å². The van der Waals surface area contributed by atoms with Gasteiger partial charge in [0.15, 0.2) is 11.5 Å². The summed E-state index contributed by atoms with van der Waals surface area (Å²) in [6, 6.07) is 14.1. The van der Waals surface area contributed by atoms with Crippen LogP contribution in [0.25, 0.3) is 11.0 Å². The normalized spacial score (nSPS) is 13.5. The lowest BCUT2D eigenvalue weighted by molar-refractivity contribution is 0.0526. The lowest BCUT2D eigenvalue weighted by Crippen LogP contribution is -2.25. The van der Waals surface area contributed by atoms with Crippen LogP contribution in [0.4, 0.5) is 11.5 Å². The van der Waals surface area contributed by atoms with Gasteiger partial charge in [-0.15, -0.1) is 0 Å². The molecule has 2 aromatic carbocycles. The highest BCUT2D eigenvalue weighted by Gasteiger charge is 2.23. The summed E-state index contributed by atoms with van der Waals surface area (Å²) < 4.78 is 4.98. The molecule has 7 nitrogen and oxygen atoms in total. The van der Waals surface area contributed by atoms with Crippen molar-refractivity contribution in [3.05, 3.63) is 59.8 Å². The van der Waals surface area contributed by atoms with E-state index in [0.717, 1.165) is 31.4 Å². The molecular formula is C22H22N4O3. The van der Waals surface area contributed by atoms with E-state index in [9.17, 15) is 9.59 Å². The number of benzene rings is 2. The van der Waals surface area contributed by atoms with Crippen LogP contribution >= 0.6 is 0 Å². The number of nitrogens with one attached hydrogen (secondary N) is 1. The van der Waals surface area contributed by atoms with Gasteiger partial charge in [0.25, 0.3) is 5.91 Å². The first-order chi connectivity index (χ1) is 14.2. The third kappa shape index (κ3) is 4.03. The number of esters is 1. The molecule has 0 radical (unpaired) electrons. The first kappa shape index (κ1) is 18.9. The van der Waals surface area contributed by atoms with Gasteiger partial charge in [-0.1, -0.05) is 12.1 Å². The van der Waals surface area contributed by atoms with E-state index >= 15 is 0 Å². The standard InChI is InChI=1S/C22H22N4O3/c1-2-29-22(28)15-9-11-16(12-10-15)23-21(27)19-20(26-13-5-6-14-26)25-18-8-4-3-7-17(18)24-19/h3-4,7-12H,2,5-6,13-14H2,1H3,(H,23,27). The number of hydrogen-bond acceptors (Lipinski definition) is 6. The molecule has 4 rings (SSSR count). The fourth-order valence-electron chi connectivity index (χ4n) is 3.39. The van der Waals surface area contributed by atoms with E-state index in [-0.39, 0.29) is 11.9 Å². The van der Waals surface area contributed by atoms with E-state index in [0.29, 0.717) is 34.9 Å². The summed E-state index contributed by atoms with van der Waals surface area (Å²) in [4.78, 5) is 36.2. The number of para-hydroxylation sites is 2. The predicted molar refractivity (Wildman–Crippen MR) is 111 cm³/mol. The number of nitrogens with zero attached hydrogens (tertiary/aromatic N) is 3. The Morgan fingerprint density at radius 2 is 1.66 bits per heavy atom. The summed E-state index contributed by atoms with van der Waals surface area (Å²) in [6.07, 6.45) is 2.15. The van der Waals surface area contributed by atoms with E-state index in [1.54, 1.807) is 31.2 Å². The van der Waals surface area contributed by atoms with Crippen molar-refractivity contribution < 1.29 is 14.3 Å². The monoisotopic (exact) mass is 390 g/mol. The number of fused-ring (bicyclic) bond motifs is 1. The van der Waals surface area contributed by atoms with Gasteiger partial charge in [0.1, 0.15) is 0 Å². The van der Waals surface area contributed by atoms with Crippen LogP contribution in [0, 0.1) is 0 Å². The zero-order valence-electron chi connectivity index (χ0n) is 16.2. The third-order valence-corrected chi connectivity index (χ3v) is 4.83. The first-order valence-corrected chi connectivity index (χ1v) is 9.76. The molecule has 1 amide bonds. The molecule has 148 valence electrons. The van der Waals surface area contributed by atoms with Gasteiger partial charge < -0.3 is 15.0 Å². The van der Waals surface area contributed by atoms with E-state index in [4.69, 9.17) is 9.72 Å². The highest BCUT2D eigenvalue weighted by molar-refractivity contribution is 6.07. The Hall–Kier alpha value is -3.48. The van der Waals surface area contributed by atoms with Gasteiger partial charge in [0.2, 0.25) is 0 Å². The second-order valence-electron chi connectivity index (χ2n) is 6.83. The predicted octanol–water partition coefficient (Wildman–Crippen LogP) is 3.66. The number of ether oxygens (including phenoxy) is 1. The number of carbonyl (C=O) groups excluding carboxylic acids is 2. The van der Waals surface area contributed by atoms with Gasteiger partial charge in [-0.3, -0.25) is 4.79 Å². The number of rotatable bonds is 5. The van der Waals surface area contributed by atoms with Crippen molar-refractivity contribution in [1.29, 1.82) is 0 Å². The molecule has 1 aliphatic heterocycles. The van der Waals surface area contributed by atoms with E-state index in [1.165, 1.54) is 0 Å². The average Bonchev–Trinajstić information content (AvgIpc) is 3.28. The van der Waals surface area contributed by atoms with Gasteiger partial charge in [-0.2, -0.15) is 0 Å². The zero-order valence-corrected chi connectivity index (χ0v) is 16.2. The minimum Gasteiger partial charge on any atom is -0.462 e. The summed E-state index contributed by atoms with van der Waals surface area (Å²) in [5.74, 6) is -0.0991. The van der Waals surface area contributed by atoms with Crippen molar-refractivity contribution >= 4 is 34.4 Å². The van der Waals surface area contributed by atoms with Gasteiger partial charge in [0.05, 0.1) is 23.2 Å². The van der Waals surface area contributed by atoms with Crippen molar-refractivity contribution in [3.8, 4) is 0 Å². The van der Waals surface area contributed by atoms with Crippen molar-refractivity contribution in [2.45, 2.75) is 19.8 Å². The molecule has 1 N–H and O–H groups in total. The number of carbonyl (C=O) groups is 2. The summed E-state index contributed by atoms with van der Waals surface area (Å²) >= 11 is 0. The third-order valence-electron chi connectivity index (χ3n) is 4.83. The minimum absolute atomic E-state index is 0.306. The summed E-state index contributed by atoms with van der Waals surface area (Å²) in [6.45, 7) is 3.80. The lowest BCUT2D eigenvalue weighted by Gasteiger charge is -2.19. The van der Waals surface area contributed by atoms with Crippen LogP contribution in [0.1, 0.15) is 40.6 Å². The molecule has 0 atom stereocenters. The topological polar surface area (TPSA) is 84.4 Å². The molecule has 0 aliphatic carbocycles. The maximum Gasteiger partial charge on any atom is 0.338 e. The molecule has 0 bridgehead atoms. The second kappa shape index (κ2) is 8.26. The summed E-state index contributed by atoms with van der Waals surface area (Å²) in [5, 5.41) is 2.86. The number of anilines is 2. The molecule has 3 aromatic rings. The molecule has 2 heterocycles. The van der Waals surface area contributed by atoms with Crippen LogP contribution in [-0.2, 0) is 4.74 Å². The van der Waals surface area contributed by atoms with Gasteiger partial charge in [0, 0.05) is 18.8 Å². The van der Waals surface area contributed by atoms with E-state index < -0.39 is 0 Å². The van der Waals surface area contributed by atoms with E-state index in [2.05, 4.69) is 15.2 Å². The molecule has 0 saturated carbocycles. The Labute approximate surface area is 168 Å². The van der Waals surface area contributed by atoms with Crippen LogP contribution in [0.2, 0.25) is 0 Å². The minimum atomic E-state index is -0.387. The smallest absolute Gasteiger partial charge is 0.338 e. The second-order valence-corrected chi connectivity index (χ2v) is 6.83. The molecular weight excluding hydrogens is 368 g/mol. The Morgan fingerprint density at radius 1 is 1.00 bits per heavy atom. The Bertz CT molecular complexity index is 1040. The fourth-order valence-corrected chi connectivity index (χ4v) is 3.39. The first-order valence-electron chi connectivity index (χ1n) is 9.76. The maximum atomic E-state index is 13.0. The van der Waals surface area contributed by atoms with Crippen LogP contribution in [0.3, 0.4) is 0 Å². The van der Waals surface area contributed by atoms with Gasteiger partial charge >= 0.3 is 5.97 Å². The molecule has 1 fully saturated rings. The SMILES string of the molecule is CCOC(=O)c1ccc(NC(=O)c2nc3ccccc3nc2N2CCCC2)cc1. The largest absolute Gasteiger partial charge is 0.462 e. The fraction of sp³-hybridized carbons (Fsp3) is 0.273. The van der Waals surface area contributed by atoms with Crippen LogP contribution in [0.5, 0.6) is 0 Å². The van der Waals surface area contributed by atoms with Crippen LogP contribution < -0.4 is 10.2 Å². The molecule has 29 heavy (non-hydrogen) atoms. The maximum absolute atomic E-state index is 13.0. The van der Waals surface area contributed by atoms with Crippen molar-refractivity contribution in [2.75, 3.05) is 29.9 Å².